The Morgan fingerprint density at radius 1 is 1.07 bits per heavy atom. The van der Waals surface area contributed by atoms with Gasteiger partial charge in [-0.15, -0.1) is 10.2 Å². The molecule has 0 fully saturated rings. The summed E-state index contributed by atoms with van der Waals surface area (Å²) in [4.78, 5) is 12.6. The first-order chi connectivity index (χ1) is 13.7. The number of Topliss-reactive ketones (excluding diaryl/α,β-unsaturated/α-hetero) is 1. The summed E-state index contributed by atoms with van der Waals surface area (Å²) >= 11 is 1.31. The number of carbonyl (C=O) groups is 1. The fraction of sp³-hybridized carbons (Fsp3) is 0.348. The number of nitrogens with zero attached hydrogens (tertiary/aromatic N) is 2. The SMILES string of the molecule is CC(Cc1nnc(SCC(=O)c2ccc3c(c2)CCCC3)o1)c1ccccc1. The molecule has 0 saturated heterocycles. The second-order valence-corrected chi connectivity index (χ2v) is 8.31. The van der Waals surface area contributed by atoms with Gasteiger partial charge >= 0.3 is 0 Å². The Morgan fingerprint density at radius 3 is 2.68 bits per heavy atom. The summed E-state index contributed by atoms with van der Waals surface area (Å²) in [5.41, 5.74) is 4.75. The highest BCUT2D eigenvalue weighted by molar-refractivity contribution is 7.99. The van der Waals surface area contributed by atoms with Crippen LogP contribution in [-0.2, 0) is 19.3 Å². The number of benzene rings is 2. The van der Waals surface area contributed by atoms with Crippen LogP contribution in [0.3, 0.4) is 0 Å². The lowest BCUT2D eigenvalue weighted by Crippen LogP contribution is -2.07. The Labute approximate surface area is 169 Å². The first-order valence-corrected chi connectivity index (χ1v) is 10.8. The van der Waals surface area contributed by atoms with Crippen LogP contribution in [0.2, 0.25) is 0 Å². The van der Waals surface area contributed by atoms with Gasteiger partial charge in [-0.3, -0.25) is 4.79 Å². The Kier molecular flexibility index (Phi) is 5.91. The van der Waals surface area contributed by atoms with E-state index in [0.717, 1.165) is 18.4 Å². The lowest BCUT2D eigenvalue weighted by molar-refractivity contribution is 0.102. The van der Waals surface area contributed by atoms with Gasteiger partial charge in [-0.05, 0) is 54.4 Å². The topological polar surface area (TPSA) is 56.0 Å². The number of aryl methyl sites for hydroxylation is 2. The number of rotatable bonds is 7. The predicted octanol–water partition coefficient (Wildman–Crippen LogP) is 5.27. The first-order valence-electron chi connectivity index (χ1n) is 9.84. The monoisotopic (exact) mass is 392 g/mol. The Hall–Kier alpha value is -2.40. The van der Waals surface area contributed by atoms with Crippen molar-refractivity contribution in [3.63, 3.8) is 0 Å². The molecule has 0 bridgehead atoms. The summed E-state index contributed by atoms with van der Waals surface area (Å²) in [7, 11) is 0. The lowest BCUT2D eigenvalue weighted by atomic mass is 9.90. The predicted molar refractivity (Wildman–Crippen MR) is 111 cm³/mol. The fourth-order valence-corrected chi connectivity index (χ4v) is 4.33. The maximum atomic E-state index is 12.6. The van der Waals surface area contributed by atoms with Crippen molar-refractivity contribution >= 4 is 17.5 Å². The van der Waals surface area contributed by atoms with E-state index in [0.29, 0.717) is 29.2 Å². The van der Waals surface area contributed by atoms with Crippen LogP contribution in [0.4, 0.5) is 0 Å². The third kappa shape index (κ3) is 4.53. The van der Waals surface area contributed by atoms with Crippen molar-refractivity contribution in [3.8, 4) is 0 Å². The average molecular weight is 393 g/mol. The number of hydrogen-bond donors (Lipinski definition) is 0. The highest BCUT2D eigenvalue weighted by Gasteiger charge is 2.16. The number of thioether (sulfide) groups is 1. The molecule has 1 aliphatic carbocycles. The first kappa shape index (κ1) is 18.9. The smallest absolute Gasteiger partial charge is 0.277 e. The number of carbonyl (C=O) groups excluding carboxylic acids is 1. The molecule has 1 aromatic heterocycles. The van der Waals surface area contributed by atoms with E-state index < -0.39 is 0 Å². The summed E-state index contributed by atoms with van der Waals surface area (Å²) in [5, 5.41) is 8.69. The quantitative estimate of drug-likeness (QED) is 0.405. The van der Waals surface area contributed by atoms with Crippen LogP contribution < -0.4 is 0 Å². The maximum Gasteiger partial charge on any atom is 0.277 e. The minimum Gasteiger partial charge on any atom is -0.416 e. The van der Waals surface area contributed by atoms with Crippen molar-refractivity contribution in [1.82, 2.24) is 10.2 Å². The summed E-state index contributed by atoms with van der Waals surface area (Å²) in [5.74, 6) is 1.33. The van der Waals surface area contributed by atoms with E-state index in [1.807, 2.05) is 24.3 Å². The molecular weight excluding hydrogens is 368 g/mol. The van der Waals surface area contributed by atoms with Crippen LogP contribution in [0, 0.1) is 0 Å². The molecule has 0 N–H and O–H groups in total. The third-order valence-electron chi connectivity index (χ3n) is 5.29. The molecular formula is C23H24N2O2S. The summed E-state index contributed by atoms with van der Waals surface area (Å²) in [6.07, 6.45) is 5.36. The number of fused-ring (bicyclic) bond motifs is 1. The van der Waals surface area contributed by atoms with Crippen LogP contribution in [-0.4, -0.2) is 21.7 Å². The normalized spacial score (nSPS) is 14.5. The van der Waals surface area contributed by atoms with E-state index in [2.05, 4.69) is 41.4 Å². The second kappa shape index (κ2) is 8.74. The van der Waals surface area contributed by atoms with E-state index in [4.69, 9.17) is 4.42 Å². The average Bonchev–Trinajstić information content (AvgIpc) is 3.19. The number of hydrogen-bond acceptors (Lipinski definition) is 5. The van der Waals surface area contributed by atoms with Gasteiger partial charge < -0.3 is 4.42 Å². The maximum absolute atomic E-state index is 12.6. The summed E-state index contributed by atoms with van der Waals surface area (Å²) in [6.45, 7) is 2.14. The van der Waals surface area contributed by atoms with Gasteiger partial charge in [-0.2, -0.15) is 0 Å². The molecule has 144 valence electrons. The van der Waals surface area contributed by atoms with E-state index in [1.165, 1.54) is 41.3 Å². The molecule has 1 aliphatic rings. The van der Waals surface area contributed by atoms with E-state index in [9.17, 15) is 4.79 Å². The van der Waals surface area contributed by atoms with Gasteiger partial charge in [0.05, 0.1) is 5.75 Å². The molecule has 5 heteroatoms. The van der Waals surface area contributed by atoms with Crippen LogP contribution in [0.25, 0.3) is 0 Å². The zero-order valence-corrected chi connectivity index (χ0v) is 16.9. The third-order valence-corrected chi connectivity index (χ3v) is 6.11. The van der Waals surface area contributed by atoms with Crippen LogP contribution >= 0.6 is 11.8 Å². The molecule has 0 radical (unpaired) electrons. The van der Waals surface area contributed by atoms with E-state index in [1.54, 1.807) is 0 Å². The molecule has 0 aliphatic heterocycles. The molecule has 3 aromatic rings. The number of ketones is 1. The van der Waals surface area contributed by atoms with Crippen molar-refractivity contribution in [2.24, 2.45) is 0 Å². The van der Waals surface area contributed by atoms with Crippen molar-refractivity contribution in [2.75, 3.05) is 5.75 Å². The minimum absolute atomic E-state index is 0.107. The Balaban J connectivity index is 1.33. The minimum atomic E-state index is 0.107. The van der Waals surface area contributed by atoms with Gasteiger partial charge in [0.1, 0.15) is 0 Å². The highest BCUT2D eigenvalue weighted by atomic mass is 32.2. The summed E-state index contributed by atoms with van der Waals surface area (Å²) in [6, 6.07) is 16.4. The van der Waals surface area contributed by atoms with Crippen LogP contribution in [0.15, 0.2) is 58.2 Å². The molecule has 1 unspecified atom stereocenters. The molecule has 4 rings (SSSR count). The highest BCUT2D eigenvalue weighted by Crippen LogP contribution is 2.25. The largest absolute Gasteiger partial charge is 0.416 e. The van der Waals surface area contributed by atoms with Gasteiger partial charge in [0.15, 0.2) is 5.78 Å². The van der Waals surface area contributed by atoms with Crippen molar-refractivity contribution in [1.29, 1.82) is 0 Å². The van der Waals surface area contributed by atoms with Crippen molar-refractivity contribution in [2.45, 2.75) is 50.2 Å². The van der Waals surface area contributed by atoms with Crippen molar-refractivity contribution < 1.29 is 9.21 Å². The van der Waals surface area contributed by atoms with Gasteiger partial charge in [-0.25, -0.2) is 0 Å². The van der Waals surface area contributed by atoms with E-state index in [-0.39, 0.29) is 5.78 Å². The molecule has 0 amide bonds. The molecule has 0 spiro atoms. The second-order valence-electron chi connectivity index (χ2n) is 7.38. The van der Waals surface area contributed by atoms with Gasteiger partial charge in [0.25, 0.3) is 5.22 Å². The zero-order chi connectivity index (χ0) is 19.3. The molecule has 1 atom stereocenters. The van der Waals surface area contributed by atoms with Crippen LogP contribution in [0.1, 0.15) is 58.6 Å². The number of aromatic nitrogens is 2. The van der Waals surface area contributed by atoms with Gasteiger partial charge in [0.2, 0.25) is 5.89 Å². The fourth-order valence-electron chi connectivity index (χ4n) is 3.66. The molecule has 4 nitrogen and oxygen atoms in total. The van der Waals surface area contributed by atoms with Crippen molar-refractivity contribution in [3.05, 3.63) is 76.7 Å². The van der Waals surface area contributed by atoms with E-state index >= 15 is 0 Å². The van der Waals surface area contributed by atoms with Gasteiger partial charge in [0, 0.05) is 12.0 Å². The van der Waals surface area contributed by atoms with Crippen LogP contribution in [0.5, 0.6) is 0 Å². The standard InChI is InChI=1S/C23H24N2O2S/c1-16(17-7-3-2-4-8-17)13-22-24-25-23(27-22)28-15-21(26)20-12-11-18-9-5-6-10-19(18)14-20/h2-4,7-8,11-12,14,16H,5-6,9-10,13,15H2,1H3. The lowest BCUT2D eigenvalue weighted by Gasteiger charge is -2.16. The van der Waals surface area contributed by atoms with Gasteiger partial charge in [-0.1, -0.05) is 61.2 Å². The molecule has 0 saturated carbocycles. The Bertz CT molecular complexity index is 952. The zero-order valence-electron chi connectivity index (χ0n) is 16.1. The summed E-state index contributed by atoms with van der Waals surface area (Å²) < 4.78 is 5.74. The molecule has 28 heavy (non-hydrogen) atoms. The molecule has 2 aromatic carbocycles. The molecule has 1 heterocycles. The Morgan fingerprint density at radius 2 is 1.86 bits per heavy atom.